The molecular formula is C11H24N2. The van der Waals surface area contributed by atoms with Gasteiger partial charge in [-0.05, 0) is 31.3 Å². The summed E-state index contributed by atoms with van der Waals surface area (Å²) >= 11 is 0. The monoisotopic (exact) mass is 184 g/mol. The third-order valence-corrected chi connectivity index (χ3v) is 2.94. The van der Waals surface area contributed by atoms with E-state index in [-0.39, 0.29) is 0 Å². The number of hydrogen-bond acceptors (Lipinski definition) is 2. The van der Waals surface area contributed by atoms with Crippen LogP contribution in [0.1, 0.15) is 34.1 Å². The third-order valence-electron chi connectivity index (χ3n) is 2.94. The second kappa shape index (κ2) is 4.97. The van der Waals surface area contributed by atoms with Crippen LogP contribution in [0.15, 0.2) is 0 Å². The van der Waals surface area contributed by atoms with Crippen molar-refractivity contribution in [3.8, 4) is 0 Å². The largest absolute Gasteiger partial charge is 0.312 e. The van der Waals surface area contributed by atoms with Crippen LogP contribution in [-0.2, 0) is 0 Å². The third kappa shape index (κ3) is 2.96. The second-order valence-electron chi connectivity index (χ2n) is 4.80. The Morgan fingerprint density at radius 1 is 0.846 bits per heavy atom. The molecule has 2 N–H and O–H groups in total. The van der Waals surface area contributed by atoms with Gasteiger partial charge in [-0.15, -0.1) is 0 Å². The summed E-state index contributed by atoms with van der Waals surface area (Å²) in [5.74, 6) is 1.44. The quantitative estimate of drug-likeness (QED) is 0.681. The zero-order valence-electron chi connectivity index (χ0n) is 9.43. The maximum atomic E-state index is 3.65. The molecule has 1 saturated heterocycles. The average Bonchev–Trinajstić information content (AvgIpc) is 2.27. The number of hydrogen-bond donors (Lipinski definition) is 2. The lowest BCUT2D eigenvalue weighted by atomic mass is 9.89. The van der Waals surface area contributed by atoms with Crippen molar-refractivity contribution in [1.29, 1.82) is 0 Å². The Kier molecular flexibility index (Phi) is 4.20. The van der Waals surface area contributed by atoms with E-state index in [1.807, 2.05) is 0 Å². The summed E-state index contributed by atoms with van der Waals surface area (Å²) < 4.78 is 0. The maximum Gasteiger partial charge on any atom is 0.0246 e. The van der Waals surface area contributed by atoms with E-state index < -0.39 is 0 Å². The van der Waals surface area contributed by atoms with Crippen molar-refractivity contribution in [3.05, 3.63) is 0 Å². The Morgan fingerprint density at radius 3 is 1.54 bits per heavy atom. The van der Waals surface area contributed by atoms with Crippen LogP contribution in [0.2, 0.25) is 0 Å². The summed E-state index contributed by atoms with van der Waals surface area (Å²) in [5, 5.41) is 7.30. The summed E-state index contributed by atoms with van der Waals surface area (Å²) in [6, 6.07) is 1.28. The fourth-order valence-corrected chi connectivity index (χ4v) is 2.18. The predicted octanol–water partition coefficient (Wildman–Crippen LogP) is 1.62. The highest BCUT2D eigenvalue weighted by atomic mass is 15.1. The molecule has 0 aromatic rings. The molecular weight excluding hydrogens is 160 g/mol. The summed E-state index contributed by atoms with van der Waals surface area (Å²) in [6.45, 7) is 11.6. The molecule has 1 aliphatic heterocycles. The van der Waals surface area contributed by atoms with Crippen LogP contribution >= 0.6 is 0 Å². The standard InChI is InChI=1S/C11H24N2/c1-8(2)10-11(9(3)4)13-7-5-6-12-10/h8-13H,5-7H2,1-4H3. The van der Waals surface area contributed by atoms with Gasteiger partial charge in [-0.3, -0.25) is 0 Å². The van der Waals surface area contributed by atoms with Crippen LogP contribution in [0.4, 0.5) is 0 Å². The van der Waals surface area contributed by atoms with E-state index >= 15 is 0 Å². The van der Waals surface area contributed by atoms with Gasteiger partial charge in [0.1, 0.15) is 0 Å². The molecule has 78 valence electrons. The van der Waals surface area contributed by atoms with Crippen molar-refractivity contribution in [1.82, 2.24) is 10.6 Å². The minimum Gasteiger partial charge on any atom is -0.312 e. The van der Waals surface area contributed by atoms with Crippen LogP contribution in [0.25, 0.3) is 0 Å². The highest BCUT2D eigenvalue weighted by Gasteiger charge is 2.27. The van der Waals surface area contributed by atoms with Crippen molar-refractivity contribution in [2.75, 3.05) is 13.1 Å². The Bertz CT molecular complexity index is 127. The van der Waals surface area contributed by atoms with Gasteiger partial charge in [0.05, 0.1) is 0 Å². The smallest absolute Gasteiger partial charge is 0.0246 e. The highest BCUT2D eigenvalue weighted by Crippen LogP contribution is 2.15. The first-order valence-electron chi connectivity index (χ1n) is 5.59. The molecule has 1 heterocycles. The van der Waals surface area contributed by atoms with Gasteiger partial charge in [0, 0.05) is 12.1 Å². The lowest BCUT2D eigenvalue weighted by molar-refractivity contribution is 0.274. The molecule has 0 aromatic carbocycles. The molecule has 1 rings (SSSR count). The first kappa shape index (κ1) is 11.0. The first-order chi connectivity index (χ1) is 6.13. The van der Waals surface area contributed by atoms with E-state index in [1.54, 1.807) is 0 Å². The minimum absolute atomic E-state index is 0.641. The maximum absolute atomic E-state index is 3.65. The van der Waals surface area contributed by atoms with Gasteiger partial charge in [-0.1, -0.05) is 27.7 Å². The molecule has 2 atom stereocenters. The molecule has 0 aromatic heterocycles. The van der Waals surface area contributed by atoms with E-state index in [1.165, 1.54) is 19.5 Å². The predicted molar refractivity (Wildman–Crippen MR) is 57.9 cm³/mol. The van der Waals surface area contributed by atoms with E-state index in [2.05, 4.69) is 38.3 Å². The zero-order valence-corrected chi connectivity index (χ0v) is 9.43. The zero-order chi connectivity index (χ0) is 9.84. The SMILES string of the molecule is CC(C)C1NCCCNC1C(C)C. The van der Waals surface area contributed by atoms with Gasteiger partial charge >= 0.3 is 0 Å². The van der Waals surface area contributed by atoms with Crippen LogP contribution in [-0.4, -0.2) is 25.2 Å². The van der Waals surface area contributed by atoms with E-state index in [4.69, 9.17) is 0 Å². The molecule has 0 amide bonds. The molecule has 2 nitrogen and oxygen atoms in total. The molecule has 0 bridgehead atoms. The van der Waals surface area contributed by atoms with E-state index in [0.717, 1.165) is 11.8 Å². The second-order valence-corrected chi connectivity index (χ2v) is 4.80. The molecule has 1 aliphatic rings. The van der Waals surface area contributed by atoms with Crippen LogP contribution < -0.4 is 10.6 Å². The Balaban J connectivity index is 2.61. The molecule has 0 saturated carbocycles. The Hall–Kier alpha value is -0.0800. The average molecular weight is 184 g/mol. The normalized spacial score (nSPS) is 30.9. The van der Waals surface area contributed by atoms with Crippen molar-refractivity contribution in [2.24, 2.45) is 11.8 Å². The molecule has 2 heteroatoms. The molecule has 0 spiro atoms. The Labute approximate surface area is 82.5 Å². The number of rotatable bonds is 2. The Morgan fingerprint density at radius 2 is 1.23 bits per heavy atom. The molecule has 0 radical (unpaired) electrons. The van der Waals surface area contributed by atoms with Crippen molar-refractivity contribution >= 4 is 0 Å². The topological polar surface area (TPSA) is 24.1 Å². The number of nitrogens with one attached hydrogen (secondary N) is 2. The van der Waals surface area contributed by atoms with Gasteiger partial charge in [0.25, 0.3) is 0 Å². The first-order valence-corrected chi connectivity index (χ1v) is 5.59. The van der Waals surface area contributed by atoms with Gasteiger partial charge in [-0.25, -0.2) is 0 Å². The highest BCUT2D eigenvalue weighted by molar-refractivity contribution is 4.88. The van der Waals surface area contributed by atoms with Crippen LogP contribution in [0, 0.1) is 11.8 Å². The molecule has 0 aliphatic carbocycles. The van der Waals surface area contributed by atoms with Gasteiger partial charge in [-0.2, -0.15) is 0 Å². The van der Waals surface area contributed by atoms with Crippen molar-refractivity contribution in [3.63, 3.8) is 0 Å². The van der Waals surface area contributed by atoms with Crippen LogP contribution in [0.5, 0.6) is 0 Å². The minimum atomic E-state index is 0.641. The van der Waals surface area contributed by atoms with Crippen molar-refractivity contribution < 1.29 is 0 Å². The summed E-state index contributed by atoms with van der Waals surface area (Å²) in [4.78, 5) is 0. The van der Waals surface area contributed by atoms with Crippen molar-refractivity contribution in [2.45, 2.75) is 46.2 Å². The molecule has 2 unspecified atom stereocenters. The van der Waals surface area contributed by atoms with Crippen LogP contribution in [0.3, 0.4) is 0 Å². The lowest BCUT2D eigenvalue weighted by Crippen LogP contribution is -2.51. The van der Waals surface area contributed by atoms with Gasteiger partial charge < -0.3 is 10.6 Å². The van der Waals surface area contributed by atoms with E-state index in [9.17, 15) is 0 Å². The summed E-state index contributed by atoms with van der Waals surface area (Å²) in [6.07, 6.45) is 1.26. The fourth-order valence-electron chi connectivity index (χ4n) is 2.18. The van der Waals surface area contributed by atoms with Gasteiger partial charge in [0.15, 0.2) is 0 Å². The summed E-state index contributed by atoms with van der Waals surface area (Å²) in [7, 11) is 0. The molecule has 13 heavy (non-hydrogen) atoms. The summed E-state index contributed by atoms with van der Waals surface area (Å²) in [5.41, 5.74) is 0. The van der Waals surface area contributed by atoms with E-state index in [0.29, 0.717) is 12.1 Å². The molecule has 1 fully saturated rings. The fraction of sp³-hybridized carbons (Fsp3) is 1.00. The van der Waals surface area contributed by atoms with Gasteiger partial charge in [0.2, 0.25) is 0 Å². The lowest BCUT2D eigenvalue weighted by Gasteiger charge is -2.32.